The van der Waals surface area contributed by atoms with Crippen LogP contribution in [0.4, 0.5) is 8.78 Å². The molecule has 6 heteroatoms. The fourth-order valence-electron chi connectivity index (χ4n) is 1.59. The topological polar surface area (TPSA) is 52.3 Å². The second kappa shape index (κ2) is 4.56. The Balaban J connectivity index is 2.65. The molecule has 94 valence electrons. The average molecular weight is 253 g/mol. The predicted octanol–water partition coefficient (Wildman–Crippen LogP) is 2.71. The molecule has 1 aromatic heterocycles. The fourth-order valence-corrected chi connectivity index (χ4v) is 1.59. The minimum Gasteiger partial charge on any atom is -0.465 e. The fraction of sp³-hybridized carbons (Fsp3) is 0.167. The van der Waals surface area contributed by atoms with E-state index in [4.69, 9.17) is 4.52 Å². The lowest BCUT2D eigenvalue weighted by Gasteiger charge is -2.02. The number of esters is 1. The molecule has 0 aliphatic rings. The van der Waals surface area contributed by atoms with Crippen LogP contribution in [-0.2, 0) is 4.74 Å². The second-order valence-electron chi connectivity index (χ2n) is 3.56. The molecule has 0 bridgehead atoms. The van der Waals surface area contributed by atoms with E-state index in [1.54, 1.807) is 0 Å². The van der Waals surface area contributed by atoms with Crippen LogP contribution in [0, 0.1) is 18.6 Å². The standard InChI is InChI=1S/C12H9F2NO3/c1-6-9(12(16)17-2)11(15-18-6)7-4-3-5-8(13)10(7)14/h3-5H,1-2H3. The summed E-state index contributed by atoms with van der Waals surface area (Å²) in [5.74, 6) is -2.65. The summed E-state index contributed by atoms with van der Waals surface area (Å²) in [5, 5.41) is 3.57. The van der Waals surface area contributed by atoms with Gasteiger partial charge in [0.2, 0.25) is 0 Å². The van der Waals surface area contributed by atoms with E-state index in [2.05, 4.69) is 9.89 Å². The number of methoxy groups -OCH3 is 1. The Morgan fingerprint density at radius 3 is 2.78 bits per heavy atom. The van der Waals surface area contributed by atoms with Gasteiger partial charge >= 0.3 is 5.97 Å². The summed E-state index contributed by atoms with van der Waals surface area (Å²) in [4.78, 5) is 11.5. The Morgan fingerprint density at radius 1 is 1.39 bits per heavy atom. The van der Waals surface area contributed by atoms with Gasteiger partial charge in [0.25, 0.3) is 0 Å². The molecular weight excluding hydrogens is 244 g/mol. The lowest BCUT2D eigenvalue weighted by atomic mass is 10.1. The molecule has 0 spiro atoms. The van der Waals surface area contributed by atoms with Crippen molar-refractivity contribution < 1.29 is 22.8 Å². The van der Waals surface area contributed by atoms with E-state index in [0.29, 0.717) is 0 Å². The van der Waals surface area contributed by atoms with Crippen LogP contribution in [-0.4, -0.2) is 18.2 Å². The zero-order valence-electron chi connectivity index (χ0n) is 9.66. The van der Waals surface area contributed by atoms with Crippen LogP contribution >= 0.6 is 0 Å². The normalized spacial score (nSPS) is 10.4. The van der Waals surface area contributed by atoms with Crippen molar-refractivity contribution in [2.24, 2.45) is 0 Å². The summed E-state index contributed by atoms with van der Waals surface area (Å²) in [5.41, 5.74) is -0.231. The average Bonchev–Trinajstić information content (AvgIpc) is 2.73. The van der Waals surface area contributed by atoms with Gasteiger partial charge < -0.3 is 9.26 Å². The summed E-state index contributed by atoms with van der Waals surface area (Å²) in [6.45, 7) is 1.49. The molecule has 0 fully saturated rings. The molecule has 0 N–H and O–H groups in total. The van der Waals surface area contributed by atoms with Crippen molar-refractivity contribution in [3.8, 4) is 11.3 Å². The van der Waals surface area contributed by atoms with Crippen molar-refractivity contribution in [1.29, 1.82) is 0 Å². The van der Waals surface area contributed by atoms with Crippen LogP contribution in [0.3, 0.4) is 0 Å². The van der Waals surface area contributed by atoms with E-state index < -0.39 is 17.6 Å². The van der Waals surface area contributed by atoms with Crippen molar-refractivity contribution in [3.05, 3.63) is 41.2 Å². The molecule has 1 aromatic carbocycles. The lowest BCUT2D eigenvalue weighted by Crippen LogP contribution is -2.04. The summed E-state index contributed by atoms with van der Waals surface area (Å²) in [6.07, 6.45) is 0. The number of ether oxygens (including phenoxy) is 1. The Hall–Kier alpha value is -2.24. The number of carbonyl (C=O) groups is 1. The highest BCUT2D eigenvalue weighted by molar-refractivity contribution is 5.97. The first-order valence-corrected chi connectivity index (χ1v) is 5.05. The zero-order chi connectivity index (χ0) is 13.3. The molecule has 0 radical (unpaired) electrons. The van der Waals surface area contributed by atoms with Gasteiger partial charge in [-0.1, -0.05) is 11.2 Å². The molecule has 0 amide bonds. The molecule has 0 aliphatic heterocycles. The van der Waals surface area contributed by atoms with Gasteiger partial charge in [0.15, 0.2) is 11.6 Å². The highest BCUT2D eigenvalue weighted by atomic mass is 19.2. The summed E-state index contributed by atoms with van der Waals surface area (Å²) in [6, 6.07) is 3.60. The molecule has 1 heterocycles. The maximum atomic E-state index is 13.6. The second-order valence-corrected chi connectivity index (χ2v) is 3.56. The Morgan fingerprint density at radius 2 is 2.11 bits per heavy atom. The van der Waals surface area contributed by atoms with E-state index in [0.717, 1.165) is 6.07 Å². The van der Waals surface area contributed by atoms with Gasteiger partial charge in [0.1, 0.15) is 17.0 Å². The third kappa shape index (κ3) is 1.85. The van der Waals surface area contributed by atoms with Crippen LogP contribution in [0.25, 0.3) is 11.3 Å². The largest absolute Gasteiger partial charge is 0.465 e. The number of hydrogen-bond acceptors (Lipinski definition) is 4. The number of nitrogens with zero attached hydrogens (tertiary/aromatic N) is 1. The number of aryl methyl sites for hydroxylation is 1. The van der Waals surface area contributed by atoms with Crippen molar-refractivity contribution >= 4 is 5.97 Å². The number of carbonyl (C=O) groups excluding carboxylic acids is 1. The highest BCUT2D eigenvalue weighted by Crippen LogP contribution is 2.28. The molecule has 0 atom stereocenters. The Kier molecular flexibility index (Phi) is 3.10. The molecule has 18 heavy (non-hydrogen) atoms. The minimum atomic E-state index is -1.09. The molecule has 2 aromatic rings. The highest BCUT2D eigenvalue weighted by Gasteiger charge is 2.25. The first-order valence-electron chi connectivity index (χ1n) is 5.05. The monoisotopic (exact) mass is 253 g/mol. The van der Waals surface area contributed by atoms with Gasteiger partial charge in [-0.05, 0) is 19.1 Å². The lowest BCUT2D eigenvalue weighted by molar-refractivity contribution is 0.0599. The number of halogens is 2. The minimum absolute atomic E-state index is 0.0120. The summed E-state index contributed by atoms with van der Waals surface area (Å²) >= 11 is 0. The maximum absolute atomic E-state index is 13.6. The van der Waals surface area contributed by atoms with Gasteiger partial charge in [-0.15, -0.1) is 0 Å². The van der Waals surface area contributed by atoms with Crippen molar-refractivity contribution in [1.82, 2.24) is 5.16 Å². The number of aromatic nitrogens is 1. The van der Waals surface area contributed by atoms with Crippen molar-refractivity contribution in [3.63, 3.8) is 0 Å². The molecular formula is C12H9F2NO3. The molecule has 0 aliphatic carbocycles. The van der Waals surface area contributed by atoms with Gasteiger partial charge in [-0.2, -0.15) is 0 Å². The molecule has 2 rings (SSSR count). The number of benzene rings is 1. The van der Waals surface area contributed by atoms with Crippen molar-refractivity contribution in [2.45, 2.75) is 6.92 Å². The van der Waals surface area contributed by atoms with Gasteiger partial charge in [-0.3, -0.25) is 0 Å². The van der Waals surface area contributed by atoms with E-state index in [9.17, 15) is 13.6 Å². The zero-order valence-corrected chi connectivity index (χ0v) is 9.66. The third-order valence-corrected chi connectivity index (χ3v) is 2.46. The molecule has 4 nitrogen and oxygen atoms in total. The summed E-state index contributed by atoms with van der Waals surface area (Å²) in [7, 11) is 1.18. The Bertz CT molecular complexity index is 607. The number of rotatable bonds is 2. The van der Waals surface area contributed by atoms with E-state index in [1.807, 2.05) is 0 Å². The van der Waals surface area contributed by atoms with Gasteiger partial charge in [0.05, 0.1) is 7.11 Å². The Labute approximate surface area is 101 Å². The maximum Gasteiger partial charge on any atom is 0.343 e. The van der Waals surface area contributed by atoms with E-state index >= 15 is 0 Å². The SMILES string of the molecule is COC(=O)c1c(-c2cccc(F)c2F)noc1C. The van der Waals surface area contributed by atoms with Crippen LogP contribution in [0.1, 0.15) is 16.1 Å². The van der Waals surface area contributed by atoms with E-state index in [1.165, 1.54) is 26.2 Å². The van der Waals surface area contributed by atoms with Gasteiger partial charge in [-0.25, -0.2) is 13.6 Å². The van der Waals surface area contributed by atoms with Gasteiger partial charge in [0, 0.05) is 5.56 Å². The molecule has 0 saturated carbocycles. The number of hydrogen-bond donors (Lipinski definition) is 0. The first-order chi connectivity index (χ1) is 8.56. The van der Waals surface area contributed by atoms with Crippen LogP contribution in [0.2, 0.25) is 0 Å². The van der Waals surface area contributed by atoms with Crippen LogP contribution in [0.15, 0.2) is 22.7 Å². The summed E-state index contributed by atoms with van der Waals surface area (Å²) < 4.78 is 36.2. The van der Waals surface area contributed by atoms with E-state index in [-0.39, 0.29) is 22.6 Å². The molecule has 0 unspecified atom stereocenters. The quantitative estimate of drug-likeness (QED) is 0.772. The van der Waals surface area contributed by atoms with Crippen LogP contribution in [0.5, 0.6) is 0 Å². The first kappa shape index (κ1) is 12.2. The smallest absolute Gasteiger partial charge is 0.343 e. The van der Waals surface area contributed by atoms with Crippen LogP contribution < -0.4 is 0 Å². The predicted molar refractivity (Wildman–Crippen MR) is 57.9 cm³/mol. The third-order valence-electron chi connectivity index (χ3n) is 2.46. The molecule has 0 saturated heterocycles. The van der Waals surface area contributed by atoms with Crippen molar-refractivity contribution in [2.75, 3.05) is 7.11 Å².